The Morgan fingerprint density at radius 1 is 1.33 bits per heavy atom. The van der Waals surface area contributed by atoms with E-state index in [9.17, 15) is 0 Å². The molecule has 0 spiro atoms. The third-order valence-electron chi connectivity index (χ3n) is 3.72. The second-order valence-electron chi connectivity index (χ2n) is 5.30. The van der Waals surface area contributed by atoms with E-state index >= 15 is 0 Å². The van der Waals surface area contributed by atoms with Crippen LogP contribution in [0.15, 0.2) is 4.52 Å². The molecule has 1 aliphatic carbocycles. The lowest BCUT2D eigenvalue weighted by Gasteiger charge is -2.30. The molecular weight excluding hydrogens is 252 g/mol. The third kappa shape index (κ3) is 3.22. The van der Waals surface area contributed by atoms with E-state index in [2.05, 4.69) is 15.0 Å². The number of rotatable bonds is 4. The molecule has 102 valence electrons. The number of piperidine rings is 1. The van der Waals surface area contributed by atoms with Crippen molar-refractivity contribution in [3.8, 4) is 0 Å². The summed E-state index contributed by atoms with van der Waals surface area (Å²) in [6.45, 7) is 3.76. The maximum atomic E-state index is 5.73. The zero-order chi connectivity index (χ0) is 11.7. The number of hydrogen-bond acceptors (Lipinski definition) is 5. The van der Waals surface area contributed by atoms with Crippen LogP contribution < -0.4 is 5.73 Å². The van der Waals surface area contributed by atoms with Crippen molar-refractivity contribution in [3.05, 3.63) is 11.7 Å². The summed E-state index contributed by atoms with van der Waals surface area (Å²) in [4.78, 5) is 6.85. The average Bonchev–Trinajstić information content (AvgIpc) is 3.11. The van der Waals surface area contributed by atoms with Crippen molar-refractivity contribution in [2.24, 2.45) is 11.7 Å². The van der Waals surface area contributed by atoms with Crippen LogP contribution in [0.3, 0.4) is 0 Å². The fourth-order valence-electron chi connectivity index (χ4n) is 2.52. The zero-order valence-electron chi connectivity index (χ0n) is 10.5. The van der Waals surface area contributed by atoms with Gasteiger partial charge in [-0.05, 0) is 44.7 Å². The lowest BCUT2D eigenvalue weighted by Crippen LogP contribution is -2.37. The smallest absolute Gasteiger partial charge is 0.240 e. The Balaban J connectivity index is 0.00000120. The molecule has 1 unspecified atom stereocenters. The highest BCUT2D eigenvalue weighted by Gasteiger charge is 2.29. The van der Waals surface area contributed by atoms with E-state index in [1.807, 2.05) is 0 Å². The molecule has 2 heterocycles. The quantitative estimate of drug-likeness (QED) is 0.900. The molecule has 1 saturated carbocycles. The molecule has 0 aromatic carbocycles. The molecule has 6 heteroatoms. The van der Waals surface area contributed by atoms with Gasteiger partial charge in [0.15, 0.2) is 5.82 Å². The van der Waals surface area contributed by atoms with Gasteiger partial charge in [0.25, 0.3) is 0 Å². The van der Waals surface area contributed by atoms with E-state index in [0.717, 1.165) is 37.9 Å². The standard InChI is InChI=1S/C12H20N4O.ClH/c13-6-9-2-1-5-16(7-9)8-11-14-12(15-17-11)10-3-4-10;/h9-10H,1-8,13H2;1H. The van der Waals surface area contributed by atoms with E-state index < -0.39 is 0 Å². The SMILES string of the molecule is Cl.NCC1CCCN(Cc2nc(C3CC3)no2)C1. The Kier molecular flexibility index (Phi) is 4.59. The van der Waals surface area contributed by atoms with Crippen LogP contribution in [-0.2, 0) is 6.54 Å². The van der Waals surface area contributed by atoms with Crippen molar-refractivity contribution in [3.63, 3.8) is 0 Å². The highest BCUT2D eigenvalue weighted by molar-refractivity contribution is 5.85. The molecule has 3 rings (SSSR count). The monoisotopic (exact) mass is 272 g/mol. The van der Waals surface area contributed by atoms with E-state index in [1.165, 1.54) is 25.7 Å². The van der Waals surface area contributed by atoms with Crippen LogP contribution in [0.5, 0.6) is 0 Å². The van der Waals surface area contributed by atoms with Crippen LogP contribution in [0.1, 0.15) is 43.3 Å². The lowest BCUT2D eigenvalue weighted by molar-refractivity contribution is 0.153. The summed E-state index contributed by atoms with van der Waals surface area (Å²) < 4.78 is 5.30. The van der Waals surface area contributed by atoms with Crippen LogP contribution in [0, 0.1) is 5.92 Å². The molecule has 1 aromatic heterocycles. The van der Waals surface area contributed by atoms with Gasteiger partial charge < -0.3 is 10.3 Å². The second kappa shape index (κ2) is 5.99. The van der Waals surface area contributed by atoms with Gasteiger partial charge in [-0.2, -0.15) is 4.98 Å². The molecule has 1 aliphatic heterocycles. The van der Waals surface area contributed by atoms with Gasteiger partial charge in [-0.1, -0.05) is 5.16 Å². The van der Waals surface area contributed by atoms with Crippen molar-refractivity contribution in [2.75, 3.05) is 19.6 Å². The molecule has 5 nitrogen and oxygen atoms in total. The normalized spacial score (nSPS) is 24.8. The summed E-state index contributed by atoms with van der Waals surface area (Å²) >= 11 is 0. The van der Waals surface area contributed by atoms with Crippen molar-refractivity contribution in [1.82, 2.24) is 15.0 Å². The summed E-state index contributed by atoms with van der Waals surface area (Å²) in [5, 5.41) is 4.05. The summed E-state index contributed by atoms with van der Waals surface area (Å²) in [6.07, 6.45) is 4.92. The third-order valence-corrected chi connectivity index (χ3v) is 3.72. The minimum atomic E-state index is 0. The van der Waals surface area contributed by atoms with Gasteiger partial charge in [-0.15, -0.1) is 12.4 Å². The van der Waals surface area contributed by atoms with E-state index in [0.29, 0.717) is 11.8 Å². The Morgan fingerprint density at radius 3 is 2.89 bits per heavy atom. The minimum Gasteiger partial charge on any atom is -0.338 e. The van der Waals surface area contributed by atoms with Crippen LogP contribution in [0.25, 0.3) is 0 Å². The van der Waals surface area contributed by atoms with Gasteiger partial charge in [0.05, 0.1) is 6.54 Å². The molecule has 18 heavy (non-hydrogen) atoms. The second-order valence-corrected chi connectivity index (χ2v) is 5.30. The topological polar surface area (TPSA) is 68.2 Å². The Morgan fingerprint density at radius 2 is 2.17 bits per heavy atom. The van der Waals surface area contributed by atoms with Crippen molar-refractivity contribution >= 4 is 12.4 Å². The first-order chi connectivity index (χ1) is 8.35. The predicted molar refractivity (Wildman–Crippen MR) is 70.6 cm³/mol. The number of aromatic nitrogens is 2. The number of halogens is 1. The van der Waals surface area contributed by atoms with Gasteiger partial charge >= 0.3 is 0 Å². The van der Waals surface area contributed by atoms with Gasteiger partial charge in [0.1, 0.15) is 0 Å². The Bertz CT molecular complexity index is 380. The maximum absolute atomic E-state index is 5.73. The maximum Gasteiger partial charge on any atom is 0.240 e. The first-order valence-corrected chi connectivity index (χ1v) is 6.60. The van der Waals surface area contributed by atoms with Crippen LogP contribution in [0.4, 0.5) is 0 Å². The predicted octanol–water partition coefficient (Wildman–Crippen LogP) is 1.54. The number of hydrogen-bond donors (Lipinski definition) is 1. The van der Waals surface area contributed by atoms with Crippen molar-refractivity contribution < 1.29 is 4.52 Å². The van der Waals surface area contributed by atoms with Gasteiger partial charge in [-0.3, -0.25) is 4.90 Å². The lowest BCUT2D eigenvalue weighted by atomic mass is 9.98. The summed E-state index contributed by atoms with van der Waals surface area (Å²) in [5.41, 5.74) is 5.73. The fraction of sp³-hybridized carbons (Fsp3) is 0.833. The van der Waals surface area contributed by atoms with E-state index in [4.69, 9.17) is 10.3 Å². The molecule has 2 fully saturated rings. The number of nitrogens with zero attached hydrogens (tertiary/aromatic N) is 3. The molecule has 1 aromatic rings. The van der Waals surface area contributed by atoms with Crippen LogP contribution >= 0.6 is 12.4 Å². The average molecular weight is 273 g/mol. The highest BCUT2D eigenvalue weighted by atomic mass is 35.5. The van der Waals surface area contributed by atoms with Crippen molar-refractivity contribution in [2.45, 2.75) is 38.1 Å². The Labute approximate surface area is 114 Å². The highest BCUT2D eigenvalue weighted by Crippen LogP contribution is 2.38. The van der Waals surface area contributed by atoms with Crippen LogP contribution in [-0.4, -0.2) is 34.7 Å². The summed E-state index contributed by atoms with van der Waals surface area (Å²) in [5.74, 6) is 2.89. The molecule has 1 atom stereocenters. The Hall–Kier alpha value is -0.650. The first-order valence-electron chi connectivity index (χ1n) is 6.60. The van der Waals surface area contributed by atoms with Gasteiger partial charge in [0.2, 0.25) is 5.89 Å². The molecule has 0 bridgehead atoms. The molecule has 2 N–H and O–H groups in total. The first kappa shape index (κ1) is 13.8. The molecule has 0 amide bonds. The van der Waals surface area contributed by atoms with E-state index in [1.54, 1.807) is 0 Å². The summed E-state index contributed by atoms with van der Waals surface area (Å²) in [7, 11) is 0. The van der Waals surface area contributed by atoms with Crippen LogP contribution in [0.2, 0.25) is 0 Å². The van der Waals surface area contributed by atoms with Gasteiger partial charge in [0, 0.05) is 12.5 Å². The number of likely N-dealkylation sites (tertiary alicyclic amines) is 1. The molecule has 0 radical (unpaired) electrons. The van der Waals surface area contributed by atoms with E-state index in [-0.39, 0.29) is 12.4 Å². The number of nitrogens with two attached hydrogens (primary N) is 1. The molecule has 1 saturated heterocycles. The van der Waals surface area contributed by atoms with Gasteiger partial charge in [-0.25, -0.2) is 0 Å². The summed E-state index contributed by atoms with van der Waals surface area (Å²) in [6, 6.07) is 0. The largest absolute Gasteiger partial charge is 0.338 e. The molecule has 2 aliphatic rings. The zero-order valence-corrected chi connectivity index (χ0v) is 11.4. The molecular formula is C12H21ClN4O. The van der Waals surface area contributed by atoms with Crippen molar-refractivity contribution in [1.29, 1.82) is 0 Å². The minimum absolute atomic E-state index is 0. The fourth-order valence-corrected chi connectivity index (χ4v) is 2.52.